The van der Waals surface area contributed by atoms with Gasteiger partial charge in [-0.05, 0) is 31.0 Å². The first-order valence-corrected chi connectivity index (χ1v) is 6.58. The normalized spacial score (nSPS) is 13.7. The molecule has 0 bridgehead atoms. The first kappa shape index (κ1) is 15.5. The van der Waals surface area contributed by atoms with E-state index in [2.05, 4.69) is 11.7 Å². The number of benzene rings is 1. The van der Waals surface area contributed by atoms with Crippen molar-refractivity contribution < 1.29 is 14.3 Å². The summed E-state index contributed by atoms with van der Waals surface area (Å²) in [4.78, 5) is 11.3. The molecular weight excluding hydrogens is 242 g/mol. The Morgan fingerprint density at radius 2 is 1.95 bits per heavy atom. The molecule has 0 fully saturated rings. The number of nitrogens with two attached hydrogens (primary N) is 1. The second kappa shape index (κ2) is 7.14. The number of carbonyl (C=O) groups is 1. The van der Waals surface area contributed by atoms with Crippen LogP contribution >= 0.6 is 0 Å². The molecule has 0 heterocycles. The van der Waals surface area contributed by atoms with Gasteiger partial charge in [0, 0.05) is 5.54 Å². The zero-order valence-corrected chi connectivity index (χ0v) is 11.9. The number of rotatable bonds is 7. The quantitative estimate of drug-likeness (QED) is 0.608. The van der Waals surface area contributed by atoms with Crippen LogP contribution in [0.15, 0.2) is 24.3 Å². The molecule has 1 atom stereocenters. The van der Waals surface area contributed by atoms with Gasteiger partial charge in [-0.2, -0.15) is 0 Å². The van der Waals surface area contributed by atoms with Crippen LogP contribution in [0.1, 0.15) is 38.7 Å². The monoisotopic (exact) mass is 265 g/mol. The average molecular weight is 265 g/mol. The third kappa shape index (κ3) is 4.91. The minimum absolute atomic E-state index is 0.152. The maximum Gasteiger partial charge on any atom is 0.307 e. The molecule has 0 aliphatic heterocycles. The highest BCUT2D eigenvalue weighted by Crippen LogP contribution is 2.24. The molecule has 2 N–H and O–H groups in total. The Labute approximate surface area is 114 Å². The van der Waals surface area contributed by atoms with E-state index in [9.17, 15) is 4.79 Å². The molecule has 1 aromatic carbocycles. The van der Waals surface area contributed by atoms with E-state index in [4.69, 9.17) is 10.5 Å². The Kier molecular flexibility index (Phi) is 5.83. The van der Waals surface area contributed by atoms with Crippen molar-refractivity contribution in [2.45, 2.75) is 38.6 Å². The number of hydrogen-bond donors (Lipinski definition) is 1. The van der Waals surface area contributed by atoms with Crippen LogP contribution in [0.2, 0.25) is 0 Å². The van der Waals surface area contributed by atoms with E-state index < -0.39 is 5.54 Å². The summed E-state index contributed by atoms with van der Waals surface area (Å²) >= 11 is 0. The molecule has 0 aliphatic rings. The van der Waals surface area contributed by atoms with Crippen molar-refractivity contribution in [2.75, 3.05) is 13.7 Å². The van der Waals surface area contributed by atoms with Gasteiger partial charge in [0.25, 0.3) is 0 Å². The first-order chi connectivity index (χ1) is 8.99. The maximum atomic E-state index is 11.3. The third-order valence-corrected chi connectivity index (χ3v) is 3.02. The zero-order valence-electron chi connectivity index (χ0n) is 11.9. The van der Waals surface area contributed by atoms with Gasteiger partial charge in [0.05, 0.1) is 20.1 Å². The first-order valence-electron chi connectivity index (χ1n) is 6.58. The Hall–Kier alpha value is -1.55. The van der Waals surface area contributed by atoms with Crippen molar-refractivity contribution in [3.63, 3.8) is 0 Å². The van der Waals surface area contributed by atoms with Crippen LogP contribution in [-0.4, -0.2) is 19.7 Å². The fourth-order valence-electron chi connectivity index (χ4n) is 1.74. The minimum Gasteiger partial charge on any atom is -0.494 e. The summed E-state index contributed by atoms with van der Waals surface area (Å²) in [7, 11) is 1.36. The number of carbonyl (C=O) groups excluding carboxylic acids is 1. The fraction of sp³-hybridized carbons (Fsp3) is 0.533. The zero-order chi connectivity index (χ0) is 14.3. The van der Waals surface area contributed by atoms with Gasteiger partial charge in [-0.1, -0.05) is 25.5 Å². The van der Waals surface area contributed by atoms with E-state index in [0.29, 0.717) is 0 Å². The molecule has 0 aliphatic carbocycles. The van der Waals surface area contributed by atoms with Crippen molar-refractivity contribution in [3.8, 4) is 5.75 Å². The maximum absolute atomic E-state index is 11.3. The predicted octanol–water partition coefficient (Wildman–Crippen LogP) is 2.60. The summed E-state index contributed by atoms with van der Waals surface area (Å²) in [5.74, 6) is 0.513. The summed E-state index contributed by atoms with van der Waals surface area (Å²) in [6, 6.07) is 7.55. The summed E-state index contributed by atoms with van der Waals surface area (Å²) in [5.41, 5.74) is 6.31. The summed E-state index contributed by atoms with van der Waals surface area (Å²) < 4.78 is 10.2. The number of methoxy groups -OCH3 is 1. The molecule has 0 aromatic heterocycles. The lowest BCUT2D eigenvalue weighted by Crippen LogP contribution is -2.35. The number of unbranched alkanes of at least 4 members (excludes halogenated alkanes) is 1. The molecule has 19 heavy (non-hydrogen) atoms. The second-order valence-electron chi connectivity index (χ2n) is 4.90. The molecule has 106 valence electrons. The van der Waals surface area contributed by atoms with E-state index in [1.807, 2.05) is 31.2 Å². The van der Waals surface area contributed by atoms with E-state index in [1.54, 1.807) is 0 Å². The number of ether oxygens (including phenoxy) is 2. The van der Waals surface area contributed by atoms with Gasteiger partial charge >= 0.3 is 5.97 Å². The van der Waals surface area contributed by atoms with Crippen molar-refractivity contribution in [1.82, 2.24) is 0 Å². The van der Waals surface area contributed by atoms with Crippen molar-refractivity contribution in [2.24, 2.45) is 5.73 Å². The van der Waals surface area contributed by atoms with Crippen molar-refractivity contribution in [1.29, 1.82) is 0 Å². The van der Waals surface area contributed by atoms with Crippen LogP contribution < -0.4 is 10.5 Å². The van der Waals surface area contributed by atoms with Gasteiger partial charge in [0.15, 0.2) is 0 Å². The SMILES string of the molecule is CCCCOc1ccc(C(C)(N)CC(=O)OC)cc1. The molecule has 4 nitrogen and oxygen atoms in total. The van der Waals surface area contributed by atoms with Crippen LogP contribution in [0.3, 0.4) is 0 Å². The molecule has 0 saturated heterocycles. The molecule has 0 spiro atoms. The topological polar surface area (TPSA) is 61.5 Å². The van der Waals surface area contributed by atoms with E-state index >= 15 is 0 Å². The smallest absolute Gasteiger partial charge is 0.307 e. The lowest BCUT2D eigenvalue weighted by Gasteiger charge is -2.24. The molecule has 0 amide bonds. The van der Waals surface area contributed by atoms with Gasteiger partial charge in [0.1, 0.15) is 5.75 Å². The minimum atomic E-state index is -0.727. The summed E-state index contributed by atoms with van der Waals surface area (Å²) in [5, 5.41) is 0. The number of hydrogen-bond acceptors (Lipinski definition) is 4. The van der Waals surface area contributed by atoms with Crippen LogP contribution in [0.4, 0.5) is 0 Å². The Morgan fingerprint density at radius 1 is 1.32 bits per heavy atom. The van der Waals surface area contributed by atoms with Gasteiger partial charge in [-0.3, -0.25) is 4.79 Å². The van der Waals surface area contributed by atoms with E-state index in [0.717, 1.165) is 30.8 Å². The molecular formula is C15H23NO3. The van der Waals surface area contributed by atoms with Crippen LogP contribution in [0.25, 0.3) is 0 Å². The van der Waals surface area contributed by atoms with Gasteiger partial charge in [-0.25, -0.2) is 0 Å². The second-order valence-corrected chi connectivity index (χ2v) is 4.90. The van der Waals surface area contributed by atoms with Gasteiger partial charge < -0.3 is 15.2 Å². The average Bonchev–Trinajstić information content (AvgIpc) is 2.39. The largest absolute Gasteiger partial charge is 0.494 e. The number of esters is 1. The van der Waals surface area contributed by atoms with Gasteiger partial charge in [0.2, 0.25) is 0 Å². The van der Waals surface area contributed by atoms with Crippen molar-refractivity contribution >= 4 is 5.97 Å². The molecule has 1 unspecified atom stereocenters. The molecule has 0 radical (unpaired) electrons. The summed E-state index contributed by atoms with van der Waals surface area (Å²) in [6.07, 6.45) is 2.30. The van der Waals surface area contributed by atoms with E-state index in [-0.39, 0.29) is 12.4 Å². The van der Waals surface area contributed by atoms with Gasteiger partial charge in [-0.15, -0.1) is 0 Å². The Bertz CT molecular complexity index is 398. The standard InChI is InChI=1S/C15H23NO3/c1-4-5-10-19-13-8-6-12(7-9-13)15(2,16)11-14(17)18-3/h6-9H,4-5,10-11,16H2,1-3H3. The summed E-state index contributed by atoms with van der Waals surface area (Å²) in [6.45, 7) is 4.66. The lowest BCUT2D eigenvalue weighted by molar-refractivity contribution is -0.141. The lowest BCUT2D eigenvalue weighted by atomic mass is 9.90. The fourth-order valence-corrected chi connectivity index (χ4v) is 1.74. The molecule has 1 rings (SSSR count). The third-order valence-electron chi connectivity index (χ3n) is 3.02. The molecule has 0 saturated carbocycles. The highest BCUT2D eigenvalue weighted by Gasteiger charge is 2.25. The predicted molar refractivity (Wildman–Crippen MR) is 75.0 cm³/mol. The van der Waals surface area contributed by atoms with Crippen LogP contribution in [0.5, 0.6) is 5.75 Å². The Balaban J connectivity index is 2.66. The van der Waals surface area contributed by atoms with Crippen LogP contribution in [-0.2, 0) is 15.1 Å². The van der Waals surface area contributed by atoms with Crippen LogP contribution in [0, 0.1) is 0 Å². The highest BCUT2D eigenvalue weighted by atomic mass is 16.5. The molecule has 1 aromatic rings. The van der Waals surface area contributed by atoms with E-state index in [1.165, 1.54) is 7.11 Å². The van der Waals surface area contributed by atoms with Crippen molar-refractivity contribution in [3.05, 3.63) is 29.8 Å². The molecule has 4 heteroatoms. The Morgan fingerprint density at radius 3 is 2.47 bits per heavy atom. The highest BCUT2D eigenvalue weighted by molar-refractivity contribution is 5.71.